The van der Waals surface area contributed by atoms with Crippen LogP contribution in [0.5, 0.6) is 5.75 Å². The summed E-state index contributed by atoms with van der Waals surface area (Å²) >= 11 is 0. The van der Waals surface area contributed by atoms with Gasteiger partial charge in [-0.1, -0.05) is 13.0 Å². The van der Waals surface area contributed by atoms with Crippen molar-refractivity contribution in [2.24, 2.45) is 4.99 Å². The molecule has 0 saturated carbocycles. The molecule has 10 heteroatoms. The Morgan fingerprint density at radius 1 is 1.30 bits per heavy atom. The van der Waals surface area contributed by atoms with E-state index < -0.39 is 12.7 Å². The molecule has 0 aliphatic carbocycles. The van der Waals surface area contributed by atoms with Crippen LogP contribution in [0.2, 0.25) is 0 Å². The first-order valence-corrected chi connectivity index (χ1v) is 8.35. The van der Waals surface area contributed by atoms with Gasteiger partial charge in [0.05, 0.1) is 13.1 Å². The van der Waals surface area contributed by atoms with E-state index in [0.717, 1.165) is 0 Å². The monoisotopic (exact) mass is 506 g/mol. The van der Waals surface area contributed by atoms with Gasteiger partial charge in [0.2, 0.25) is 0 Å². The van der Waals surface area contributed by atoms with Gasteiger partial charge in [-0.25, -0.2) is 4.39 Å². The number of nitrogens with zero attached hydrogens (tertiary/aromatic N) is 2. The number of guanidine groups is 1. The average molecular weight is 506 g/mol. The van der Waals surface area contributed by atoms with Gasteiger partial charge in [0.15, 0.2) is 5.96 Å². The van der Waals surface area contributed by atoms with Gasteiger partial charge in [-0.15, -0.1) is 24.0 Å². The summed E-state index contributed by atoms with van der Waals surface area (Å²) in [7, 11) is 2.98. The van der Waals surface area contributed by atoms with E-state index in [1.807, 2.05) is 6.92 Å². The van der Waals surface area contributed by atoms with Gasteiger partial charge >= 0.3 is 6.18 Å². The Hall–Kier alpha value is -1.30. The lowest BCUT2D eigenvalue weighted by molar-refractivity contribution is -0.142. The summed E-state index contributed by atoms with van der Waals surface area (Å²) < 4.78 is 55.7. The van der Waals surface area contributed by atoms with E-state index in [-0.39, 0.29) is 42.4 Å². The molecule has 0 bridgehead atoms. The first kappa shape index (κ1) is 25.7. The molecular formula is C17H27F4IN4O. The average Bonchev–Trinajstić information content (AvgIpc) is 2.55. The van der Waals surface area contributed by atoms with E-state index in [4.69, 9.17) is 4.74 Å². The van der Waals surface area contributed by atoms with Crippen LogP contribution in [0.25, 0.3) is 0 Å². The predicted molar refractivity (Wildman–Crippen MR) is 109 cm³/mol. The lowest BCUT2D eigenvalue weighted by atomic mass is 10.2. The number of benzene rings is 1. The number of nitrogens with one attached hydrogen (secondary N) is 2. The molecule has 0 aliphatic rings. The molecule has 1 aromatic rings. The molecule has 156 valence electrons. The molecule has 0 amide bonds. The maximum atomic E-state index is 13.2. The van der Waals surface area contributed by atoms with Crippen molar-refractivity contribution < 1.29 is 22.3 Å². The van der Waals surface area contributed by atoms with Crippen molar-refractivity contribution in [3.05, 3.63) is 30.1 Å². The quantitative estimate of drug-likeness (QED) is 0.234. The SMILES string of the molecule is CCC(CNC(=NC)NCCN(C)CC(F)(F)F)Oc1cccc(F)c1.I. The zero-order valence-electron chi connectivity index (χ0n) is 15.6. The summed E-state index contributed by atoms with van der Waals surface area (Å²) in [6.45, 7) is 1.93. The van der Waals surface area contributed by atoms with Gasteiger partial charge in [0.25, 0.3) is 0 Å². The van der Waals surface area contributed by atoms with E-state index in [0.29, 0.717) is 31.2 Å². The Morgan fingerprint density at radius 2 is 2.00 bits per heavy atom. The van der Waals surface area contributed by atoms with Gasteiger partial charge in [0, 0.05) is 26.2 Å². The number of likely N-dealkylation sites (N-methyl/N-ethyl adjacent to an activating group) is 1. The summed E-state index contributed by atoms with van der Waals surface area (Å²) in [6, 6.07) is 5.90. The minimum atomic E-state index is -4.21. The van der Waals surface area contributed by atoms with Crippen LogP contribution in [0.15, 0.2) is 29.3 Å². The van der Waals surface area contributed by atoms with Gasteiger partial charge in [-0.05, 0) is 25.6 Å². The fourth-order valence-electron chi connectivity index (χ4n) is 2.18. The van der Waals surface area contributed by atoms with Gasteiger partial charge in [-0.3, -0.25) is 9.89 Å². The van der Waals surface area contributed by atoms with Crippen LogP contribution in [-0.2, 0) is 0 Å². The van der Waals surface area contributed by atoms with E-state index in [1.54, 1.807) is 19.2 Å². The molecule has 0 heterocycles. The van der Waals surface area contributed by atoms with Crippen LogP contribution in [-0.4, -0.2) is 63.4 Å². The van der Waals surface area contributed by atoms with E-state index in [2.05, 4.69) is 15.6 Å². The zero-order valence-corrected chi connectivity index (χ0v) is 18.0. The van der Waals surface area contributed by atoms with Crippen molar-refractivity contribution in [2.45, 2.75) is 25.6 Å². The van der Waals surface area contributed by atoms with Crippen LogP contribution in [0.4, 0.5) is 17.6 Å². The molecule has 1 unspecified atom stereocenters. The van der Waals surface area contributed by atoms with Gasteiger partial charge < -0.3 is 15.4 Å². The zero-order chi connectivity index (χ0) is 19.6. The summed E-state index contributed by atoms with van der Waals surface area (Å²) in [5, 5.41) is 6.01. The minimum absolute atomic E-state index is 0. The molecule has 1 aromatic carbocycles. The topological polar surface area (TPSA) is 48.9 Å². The van der Waals surface area contributed by atoms with E-state index in [9.17, 15) is 17.6 Å². The molecule has 0 spiro atoms. The van der Waals surface area contributed by atoms with Crippen LogP contribution in [0.3, 0.4) is 0 Å². The van der Waals surface area contributed by atoms with Crippen LogP contribution < -0.4 is 15.4 Å². The maximum Gasteiger partial charge on any atom is 0.401 e. The Morgan fingerprint density at radius 3 is 2.56 bits per heavy atom. The van der Waals surface area contributed by atoms with Gasteiger partial charge in [-0.2, -0.15) is 13.2 Å². The third-order valence-electron chi connectivity index (χ3n) is 3.51. The number of rotatable bonds is 9. The summed E-state index contributed by atoms with van der Waals surface area (Å²) in [5.41, 5.74) is 0. The number of alkyl halides is 3. The fraction of sp³-hybridized carbons (Fsp3) is 0.588. The molecule has 1 atom stereocenters. The summed E-state index contributed by atoms with van der Waals surface area (Å²) in [6.07, 6.45) is -3.73. The number of hydrogen-bond acceptors (Lipinski definition) is 3. The Bertz CT molecular complexity index is 572. The molecule has 1 rings (SSSR count). The largest absolute Gasteiger partial charge is 0.489 e. The smallest absolute Gasteiger partial charge is 0.401 e. The third-order valence-corrected chi connectivity index (χ3v) is 3.51. The molecule has 0 saturated heterocycles. The van der Waals surface area contributed by atoms with Crippen molar-refractivity contribution in [1.29, 1.82) is 0 Å². The molecular weight excluding hydrogens is 479 g/mol. The molecule has 5 nitrogen and oxygen atoms in total. The van der Waals surface area contributed by atoms with E-state index >= 15 is 0 Å². The lowest BCUT2D eigenvalue weighted by Crippen LogP contribution is -2.45. The predicted octanol–water partition coefficient (Wildman–Crippen LogP) is 3.26. The maximum absolute atomic E-state index is 13.2. The highest BCUT2D eigenvalue weighted by molar-refractivity contribution is 14.0. The van der Waals surface area contributed by atoms with Crippen molar-refractivity contribution in [3.8, 4) is 5.75 Å². The normalized spacial score (nSPS) is 13.1. The highest BCUT2D eigenvalue weighted by Crippen LogP contribution is 2.15. The van der Waals surface area contributed by atoms with Crippen molar-refractivity contribution in [2.75, 3.05) is 40.3 Å². The Kier molecular flexibility index (Phi) is 12.4. The van der Waals surface area contributed by atoms with E-state index in [1.165, 1.54) is 24.1 Å². The van der Waals surface area contributed by atoms with Gasteiger partial charge in [0.1, 0.15) is 17.7 Å². The molecule has 0 aliphatic heterocycles. The van der Waals surface area contributed by atoms with Crippen LogP contribution >= 0.6 is 24.0 Å². The molecule has 0 radical (unpaired) electrons. The molecule has 27 heavy (non-hydrogen) atoms. The van der Waals surface area contributed by atoms with Crippen molar-refractivity contribution >= 4 is 29.9 Å². The molecule has 2 N–H and O–H groups in total. The number of aliphatic imine (C=N–C) groups is 1. The number of hydrogen-bond donors (Lipinski definition) is 2. The van der Waals surface area contributed by atoms with Crippen LogP contribution in [0, 0.1) is 5.82 Å². The second-order valence-electron chi connectivity index (χ2n) is 5.84. The number of halogens is 5. The fourth-order valence-corrected chi connectivity index (χ4v) is 2.18. The first-order valence-electron chi connectivity index (χ1n) is 8.35. The standard InChI is InChI=1S/C17H26F4N4O.HI/c1-4-14(26-15-7-5-6-13(18)10-15)11-24-16(22-2)23-8-9-25(3)12-17(19,20)21;/h5-7,10,14H,4,8-9,11-12H2,1-3H3,(H2,22,23,24);1H. The molecule has 0 fully saturated rings. The van der Waals surface area contributed by atoms with Crippen LogP contribution in [0.1, 0.15) is 13.3 Å². The Balaban J connectivity index is 0.00000676. The van der Waals surface area contributed by atoms with Crippen molar-refractivity contribution in [3.63, 3.8) is 0 Å². The van der Waals surface area contributed by atoms with Crippen molar-refractivity contribution in [1.82, 2.24) is 15.5 Å². The second kappa shape index (κ2) is 13.0. The highest BCUT2D eigenvalue weighted by Gasteiger charge is 2.28. The lowest BCUT2D eigenvalue weighted by Gasteiger charge is -2.21. The third kappa shape index (κ3) is 11.9. The molecule has 0 aromatic heterocycles. The Labute approximate surface area is 174 Å². The summed E-state index contributed by atoms with van der Waals surface area (Å²) in [5.74, 6) is 0.535. The minimum Gasteiger partial charge on any atom is -0.489 e. The second-order valence-corrected chi connectivity index (χ2v) is 5.84. The number of ether oxygens (including phenoxy) is 1. The highest BCUT2D eigenvalue weighted by atomic mass is 127. The summed E-state index contributed by atoms with van der Waals surface area (Å²) in [4.78, 5) is 5.21. The first-order chi connectivity index (χ1) is 12.2.